The van der Waals surface area contributed by atoms with Gasteiger partial charge in [0.05, 0.1) is 25.4 Å². The summed E-state index contributed by atoms with van der Waals surface area (Å²) in [6.45, 7) is 0.953. The van der Waals surface area contributed by atoms with Crippen molar-refractivity contribution >= 4 is 11.6 Å². The molecule has 0 bridgehead atoms. The van der Waals surface area contributed by atoms with Crippen LogP contribution in [0.15, 0.2) is 36.7 Å². The number of hydrogen-bond donors (Lipinski definition) is 1. The molecule has 5 heteroatoms. The van der Waals surface area contributed by atoms with E-state index < -0.39 is 0 Å². The van der Waals surface area contributed by atoms with E-state index in [1.54, 1.807) is 13.3 Å². The largest absolute Gasteiger partial charge is 0.497 e. The average molecular weight is 285 g/mol. The number of benzene rings is 1. The van der Waals surface area contributed by atoms with Gasteiger partial charge in [-0.25, -0.2) is 0 Å². The summed E-state index contributed by atoms with van der Waals surface area (Å²) in [6, 6.07) is 7.51. The number of methoxy groups -OCH3 is 1. The Hall–Kier alpha value is -2.30. The topological polar surface area (TPSA) is 56.1 Å². The van der Waals surface area contributed by atoms with Crippen molar-refractivity contribution < 1.29 is 9.53 Å². The first-order valence-electron chi connectivity index (χ1n) is 7.18. The average Bonchev–Trinajstić information content (AvgIpc) is 3.19. The van der Waals surface area contributed by atoms with Crippen LogP contribution in [-0.2, 0) is 17.8 Å². The van der Waals surface area contributed by atoms with Gasteiger partial charge in [-0.2, -0.15) is 5.10 Å². The van der Waals surface area contributed by atoms with Crippen molar-refractivity contribution in [2.75, 3.05) is 12.4 Å². The van der Waals surface area contributed by atoms with Gasteiger partial charge in [0.15, 0.2) is 0 Å². The molecule has 0 spiro atoms. The molecule has 1 aliphatic carbocycles. The van der Waals surface area contributed by atoms with Gasteiger partial charge in [0.2, 0.25) is 5.91 Å². The fourth-order valence-corrected chi connectivity index (χ4v) is 2.23. The Morgan fingerprint density at radius 2 is 2.14 bits per heavy atom. The van der Waals surface area contributed by atoms with Crippen molar-refractivity contribution in [1.29, 1.82) is 0 Å². The molecule has 1 aromatic heterocycles. The number of carbonyl (C=O) groups is 1. The second-order valence-corrected chi connectivity index (χ2v) is 5.47. The third kappa shape index (κ3) is 3.84. The zero-order valence-electron chi connectivity index (χ0n) is 12.1. The highest BCUT2D eigenvalue weighted by Gasteiger charge is 2.22. The van der Waals surface area contributed by atoms with Crippen molar-refractivity contribution in [1.82, 2.24) is 9.78 Å². The van der Waals surface area contributed by atoms with Crippen molar-refractivity contribution in [3.63, 3.8) is 0 Å². The molecular weight excluding hydrogens is 266 g/mol. The lowest BCUT2D eigenvalue weighted by Crippen LogP contribution is -2.14. The number of nitrogens with one attached hydrogen (secondary N) is 1. The molecule has 0 radical (unpaired) electrons. The molecule has 0 aliphatic heterocycles. The van der Waals surface area contributed by atoms with E-state index in [2.05, 4.69) is 10.4 Å². The van der Waals surface area contributed by atoms with Crippen molar-refractivity contribution in [2.45, 2.75) is 25.8 Å². The second-order valence-electron chi connectivity index (χ2n) is 5.47. The summed E-state index contributed by atoms with van der Waals surface area (Å²) < 4.78 is 7.00. The lowest BCUT2D eigenvalue weighted by Gasteiger charge is -2.04. The summed E-state index contributed by atoms with van der Waals surface area (Å²) in [5.41, 5.74) is 1.72. The molecule has 0 saturated heterocycles. The van der Waals surface area contributed by atoms with Gasteiger partial charge in [0, 0.05) is 12.7 Å². The zero-order chi connectivity index (χ0) is 14.7. The van der Waals surface area contributed by atoms with Crippen LogP contribution in [0, 0.1) is 5.92 Å². The maximum absolute atomic E-state index is 12.0. The summed E-state index contributed by atoms with van der Waals surface area (Å²) in [4.78, 5) is 12.0. The Balaban J connectivity index is 1.53. The van der Waals surface area contributed by atoms with Gasteiger partial charge < -0.3 is 10.1 Å². The van der Waals surface area contributed by atoms with E-state index in [4.69, 9.17) is 4.74 Å². The summed E-state index contributed by atoms with van der Waals surface area (Å²) in [6.07, 6.45) is 6.52. The van der Waals surface area contributed by atoms with E-state index in [-0.39, 0.29) is 5.91 Å². The van der Waals surface area contributed by atoms with Crippen molar-refractivity contribution in [3.05, 3.63) is 42.2 Å². The normalized spacial score (nSPS) is 14.0. The Morgan fingerprint density at radius 3 is 2.81 bits per heavy atom. The third-order valence-corrected chi connectivity index (χ3v) is 3.58. The van der Waals surface area contributed by atoms with Crippen LogP contribution in [0.1, 0.15) is 18.4 Å². The summed E-state index contributed by atoms with van der Waals surface area (Å²) in [7, 11) is 1.63. The van der Waals surface area contributed by atoms with Crippen molar-refractivity contribution in [3.8, 4) is 5.75 Å². The van der Waals surface area contributed by atoms with E-state index in [9.17, 15) is 4.79 Å². The predicted octanol–water partition coefficient (Wildman–Crippen LogP) is 2.48. The maximum Gasteiger partial charge on any atom is 0.228 e. The monoisotopic (exact) mass is 285 g/mol. The first kappa shape index (κ1) is 13.7. The number of nitrogens with zero attached hydrogens (tertiary/aromatic N) is 2. The molecular formula is C16H19N3O2. The molecule has 2 aromatic rings. The molecule has 1 aromatic carbocycles. The number of rotatable bonds is 6. The number of ether oxygens (including phenoxy) is 1. The van der Waals surface area contributed by atoms with Gasteiger partial charge >= 0.3 is 0 Å². The molecule has 5 nitrogen and oxygen atoms in total. The summed E-state index contributed by atoms with van der Waals surface area (Å²) in [5.74, 6) is 1.53. The standard InChI is InChI=1S/C16H19N3O2/c1-21-15-6-4-12(5-7-15)8-16(20)18-14-9-17-19(11-14)10-13-2-3-13/h4-7,9,11,13H,2-3,8,10H2,1H3,(H,18,20). The lowest BCUT2D eigenvalue weighted by molar-refractivity contribution is -0.115. The quantitative estimate of drug-likeness (QED) is 0.887. The Kier molecular flexibility index (Phi) is 3.90. The third-order valence-electron chi connectivity index (χ3n) is 3.58. The van der Waals surface area contributed by atoms with Crippen LogP contribution < -0.4 is 10.1 Å². The molecule has 1 amide bonds. The van der Waals surface area contributed by atoms with Gasteiger partial charge in [-0.15, -0.1) is 0 Å². The fraction of sp³-hybridized carbons (Fsp3) is 0.375. The predicted molar refractivity (Wildman–Crippen MR) is 80.3 cm³/mol. The minimum absolute atomic E-state index is 0.0360. The molecule has 1 N–H and O–H groups in total. The maximum atomic E-state index is 12.0. The first-order valence-corrected chi connectivity index (χ1v) is 7.18. The van der Waals surface area contributed by atoms with Crippen LogP contribution in [0.25, 0.3) is 0 Å². The van der Waals surface area contributed by atoms with E-state index in [1.807, 2.05) is 35.1 Å². The molecule has 0 atom stereocenters. The number of hydrogen-bond acceptors (Lipinski definition) is 3. The Labute approximate surface area is 123 Å². The minimum Gasteiger partial charge on any atom is -0.497 e. The lowest BCUT2D eigenvalue weighted by atomic mass is 10.1. The number of aromatic nitrogens is 2. The summed E-state index contributed by atoms with van der Waals surface area (Å²) >= 11 is 0. The van der Waals surface area contributed by atoms with Crippen LogP contribution in [0.2, 0.25) is 0 Å². The van der Waals surface area contributed by atoms with Gasteiger partial charge in [0.1, 0.15) is 5.75 Å². The van der Waals surface area contributed by atoms with Gasteiger partial charge in [-0.05, 0) is 36.5 Å². The fourth-order valence-electron chi connectivity index (χ4n) is 2.23. The molecule has 1 fully saturated rings. The Bertz CT molecular complexity index is 615. The van der Waals surface area contributed by atoms with Crippen molar-refractivity contribution in [2.24, 2.45) is 5.92 Å². The molecule has 1 saturated carbocycles. The van der Waals surface area contributed by atoms with Crippen LogP contribution in [0.5, 0.6) is 5.75 Å². The highest BCUT2D eigenvalue weighted by molar-refractivity contribution is 5.91. The molecule has 1 aliphatic rings. The molecule has 21 heavy (non-hydrogen) atoms. The van der Waals surface area contributed by atoms with Gasteiger partial charge in [0.25, 0.3) is 0 Å². The number of anilines is 1. The van der Waals surface area contributed by atoms with E-state index in [0.717, 1.165) is 29.5 Å². The molecule has 3 rings (SSSR count). The second kappa shape index (κ2) is 5.99. The van der Waals surface area contributed by atoms with Gasteiger partial charge in [-0.3, -0.25) is 9.48 Å². The summed E-state index contributed by atoms with van der Waals surface area (Å²) in [5, 5.41) is 7.14. The highest BCUT2D eigenvalue weighted by Crippen LogP contribution is 2.30. The van der Waals surface area contributed by atoms with Crippen LogP contribution >= 0.6 is 0 Å². The Morgan fingerprint density at radius 1 is 1.38 bits per heavy atom. The number of amides is 1. The van der Waals surface area contributed by atoms with Crippen LogP contribution in [-0.4, -0.2) is 22.8 Å². The smallest absolute Gasteiger partial charge is 0.228 e. The van der Waals surface area contributed by atoms with Crippen LogP contribution in [0.4, 0.5) is 5.69 Å². The van der Waals surface area contributed by atoms with Crippen LogP contribution in [0.3, 0.4) is 0 Å². The minimum atomic E-state index is -0.0360. The molecule has 110 valence electrons. The molecule has 0 unspecified atom stereocenters. The van der Waals surface area contributed by atoms with E-state index in [0.29, 0.717) is 6.42 Å². The highest BCUT2D eigenvalue weighted by atomic mass is 16.5. The van der Waals surface area contributed by atoms with E-state index in [1.165, 1.54) is 12.8 Å². The number of carbonyl (C=O) groups excluding carboxylic acids is 1. The van der Waals surface area contributed by atoms with E-state index >= 15 is 0 Å². The SMILES string of the molecule is COc1ccc(CC(=O)Nc2cnn(CC3CC3)c2)cc1. The zero-order valence-corrected chi connectivity index (χ0v) is 12.1. The molecule has 1 heterocycles. The first-order chi connectivity index (χ1) is 10.2. The van der Waals surface area contributed by atoms with Gasteiger partial charge in [-0.1, -0.05) is 12.1 Å².